The molecule has 0 aromatic heterocycles. The normalized spacial score (nSPS) is 11.6. The van der Waals surface area contributed by atoms with Crippen molar-refractivity contribution < 1.29 is 0 Å². The fourth-order valence-electron chi connectivity index (χ4n) is 6.86. The Hall–Kier alpha value is -5.20. The van der Waals surface area contributed by atoms with Gasteiger partial charge in [0.1, 0.15) is 0 Å². The Balaban J connectivity index is 1.46. The minimum Gasteiger partial charge on any atom is -0.0616 e. The zero-order valence-corrected chi connectivity index (χ0v) is 23.9. The molecule has 0 aliphatic heterocycles. The molecule has 8 aromatic rings. The van der Waals surface area contributed by atoms with Crippen molar-refractivity contribution in [1.29, 1.82) is 0 Å². The molecule has 0 saturated carbocycles. The maximum atomic E-state index is 2.38. The molecule has 0 atom stereocenters. The number of hydrogen-bond donors (Lipinski definition) is 0. The third kappa shape index (κ3) is 3.91. The Morgan fingerprint density at radius 2 is 0.667 bits per heavy atom. The second kappa shape index (κ2) is 9.72. The smallest absolute Gasteiger partial charge is 0.00608 e. The van der Waals surface area contributed by atoms with E-state index < -0.39 is 0 Å². The van der Waals surface area contributed by atoms with Crippen LogP contribution in [0.1, 0.15) is 11.1 Å². The molecule has 0 heteroatoms. The standard InChI is InChI=1S/C42H30/c1-27-39(35-21-19-29-11-3-5-13-31(29)23-35)25-33-15-7-9-17-37(33)41(27)42-28(2)40(26-34-16-8-10-18-38(34)42)36-22-20-30-12-4-6-14-32(30)24-36/h3-26H,1-2H3. The van der Waals surface area contributed by atoms with Crippen LogP contribution in [0.5, 0.6) is 0 Å². The van der Waals surface area contributed by atoms with E-state index in [-0.39, 0.29) is 0 Å². The van der Waals surface area contributed by atoms with Crippen LogP contribution in [0, 0.1) is 13.8 Å². The van der Waals surface area contributed by atoms with Crippen LogP contribution in [0.25, 0.3) is 76.5 Å². The van der Waals surface area contributed by atoms with Crippen LogP contribution in [-0.2, 0) is 0 Å². The molecule has 0 aliphatic rings. The van der Waals surface area contributed by atoms with Crippen molar-refractivity contribution in [2.45, 2.75) is 13.8 Å². The van der Waals surface area contributed by atoms with E-state index in [1.807, 2.05) is 0 Å². The van der Waals surface area contributed by atoms with Crippen LogP contribution in [0.3, 0.4) is 0 Å². The van der Waals surface area contributed by atoms with Crippen molar-refractivity contribution in [1.82, 2.24) is 0 Å². The summed E-state index contributed by atoms with van der Waals surface area (Å²) in [5.74, 6) is 0. The summed E-state index contributed by atoms with van der Waals surface area (Å²) in [7, 11) is 0. The van der Waals surface area contributed by atoms with Gasteiger partial charge < -0.3 is 0 Å². The van der Waals surface area contributed by atoms with Gasteiger partial charge in [-0.3, -0.25) is 0 Å². The van der Waals surface area contributed by atoms with Crippen molar-refractivity contribution in [2.24, 2.45) is 0 Å². The first kappa shape index (κ1) is 24.6. The maximum absolute atomic E-state index is 2.38. The van der Waals surface area contributed by atoms with Crippen LogP contribution >= 0.6 is 0 Å². The Bertz CT molecular complexity index is 2150. The highest BCUT2D eigenvalue weighted by Gasteiger charge is 2.20. The van der Waals surface area contributed by atoms with Crippen LogP contribution in [0.2, 0.25) is 0 Å². The topological polar surface area (TPSA) is 0 Å². The second-order valence-electron chi connectivity index (χ2n) is 11.4. The van der Waals surface area contributed by atoms with Gasteiger partial charge >= 0.3 is 0 Å². The van der Waals surface area contributed by atoms with Gasteiger partial charge in [0.05, 0.1) is 0 Å². The predicted octanol–water partition coefficient (Wildman–Crippen LogP) is 11.9. The molecule has 0 N–H and O–H groups in total. The molecule has 42 heavy (non-hydrogen) atoms. The van der Waals surface area contributed by atoms with E-state index in [1.54, 1.807) is 0 Å². The minimum atomic E-state index is 1.26. The van der Waals surface area contributed by atoms with E-state index in [1.165, 1.54) is 87.6 Å². The van der Waals surface area contributed by atoms with Crippen molar-refractivity contribution >= 4 is 43.1 Å². The first-order chi connectivity index (χ1) is 20.7. The summed E-state index contributed by atoms with van der Waals surface area (Å²) < 4.78 is 0. The lowest BCUT2D eigenvalue weighted by atomic mass is 9.82. The number of rotatable bonds is 3. The zero-order chi connectivity index (χ0) is 28.2. The van der Waals surface area contributed by atoms with Gasteiger partial charge in [-0.1, -0.05) is 121 Å². The Morgan fingerprint density at radius 3 is 1.10 bits per heavy atom. The van der Waals surface area contributed by atoms with Crippen LogP contribution in [0.4, 0.5) is 0 Å². The highest BCUT2D eigenvalue weighted by Crippen LogP contribution is 2.45. The van der Waals surface area contributed by atoms with E-state index in [4.69, 9.17) is 0 Å². The minimum absolute atomic E-state index is 1.26. The summed E-state index contributed by atoms with van der Waals surface area (Å²) in [5, 5.41) is 10.2. The lowest BCUT2D eigenvalue weighted by molar-refractivity contribution is 1.44. The van der Waals surface area contributed by atoms with Crippen molar-refractivity contribution in [3.63, 3.8) is 0 Å². The third-order valence-corrected chi connectivity index (χ3v) is 8.99. The molecular formula is C42H30. The first-order valence-corrected chi connectivity index (χ1v) is 14.7. The predicted molar refractivity (Wildman–Crippen MR) is 182 cm³/mol. The molecule has 0 nitrogen and oxygen atoms in total. The van der Waals surface area contributed by atoms with Gasteiger partial charge in [0.25, 0.3) is 0 Å². The zero-order valence-electron chi connectivity index (χ0n) is 23.9. The van der Waals surface area contributed by atoms with Gasteiger partial charge in [-0.05, 0) is 126 Å². The third-order valence-electron chi connectivity index (χ3n) is 8.99. The molecule has 0 fully saturated rings. The molecule has 0 bridgehead atoms. The molecule has 0 heterocycles. The van der Waals surface area contributed by atoms with Crippen molar-refractivity contribution in [3.8, 4) is 33.4 Å². The number of fused-ring (bicyclic) bond motifs is 4. The summed E-state index contributed by atoms with van der Waals surface area (Å²) >= 11 is 0. The highest BCUT2D eigenvalue weighted by atomic mass is 14.2. The van der Waals surface area contributed by atoms with E-state index in [9.17, 15) is 0 Å². The molecule has 8 rings (SSSR count). The monoisotopic (exact) mass is 534 g/mol. The molecule has 0 unspecified atom stereocenters. The number of hydrogen-bond acceptors (Lipinski definition) is 0. The average molecular weight is 535 g/mol. The average Bonchev–Trinajstić information content (AvgIpc) is 3.04. The Morgan fingerprint density at radius 1 is 0.310 bits per heavy atom. The quantitative estimate of drug-likeness (QED) is 0.211. The van der Waals surface area contributed by atoms with E-state index in [0.717, 1.165) is 0 Å². The fourth-order valence-corrected chi connectivity index (χ4v) is 6.86. The molecule has 0 radical (unpaired) electrons. The van der Waals surface area contributed by atoms with Gasteiger partial charge in [-0.25, -0.2) is 0 Å². The summed E-state index contributed by atoms with van der Waals surface area (Å²) in [5.41, 5.74) is 10.4. The molecule has 0 spiro atoms. The fraction of sp³-hybridized carbons (Fsp3) is 0.0476. The second-order valence-corrected chi connectivity index (χ2v) is 11.4. The lowest BCUT2D eigenvalue weighted by Gasteiger charge is -2.22. The molecule has 0 amide bonds. The SMILES string of the molecule is Cc1c(-c2ccc3ccccc3c2)cc2ccccc2c1-c1c(C)c(-c2ccc3ccccc3c2)cc2ccccc12. The molecule has 198 valence electrons. The highest BCUT2D eigenvalue weighted by molar-refractivity contribution is 6.12. The lowest BCUT2D eigenvalue weighted by Crippen LogP contribution is -1.97. The summed E-state index contributed by atoms with van der Waals surface area (Å²) in [6.45, 7) is 4.62. The largest absolute Gasteiger partial charge is 0.0616 e. The summed E-state index contributed by atoms with van der Waals surface area (Å²) in [6, 6.07) is 53.5. The summed E-state index contributed by atoms with van der Waals surface area (Å²) in [6.07, 6.45) is 0. The Labute approximate surface area is 246 Å². The van der Waals surface area contributed by atoms with E-state index in [0.29, 0.717) is 0 Å². The molecule has 0 aliphatic carbocycles. The van der Waals surface area contributed by atoms with E-state index >= 15 is 0 Å². The van der Waals surface area contributed by atoms with Gasteiger partial charge in [-0.2, -0.15) is 0 Å². The van der Waals surface area contributed by atoms with Gasteiger partial charge in [0.15, 0.2) is 0 Å². The first-order valence-electron chi connectivity index (χ1n) is 14.7. The van der Waals surface area contributed by atoms with E-state index in [2.05, 4.69) is 159 Å². The van der Waals surface area contributed by atoms with Crippen LogP contribution in [-0.4, -0.2) is 0 Å². The van der Waals surface area contributed by atoms with Crippen LogP contribution in [0.15, 0.2) is 146 Å². The summed E-state index contributed by atoms with van der Waals surface area (Å²) in [4.78, 5) is 0. The van der Waals surface area contributed by atoms with Gasteiger partial charge in [0, 0.05) is 0 Å². The van der Waals surface area contributed by atoms with Gasteiger partial charge in [0.2, 0.25) is 0 Å². The van der Waals surface area contributed by atoms with Crippen molar-refractivity contribution in [3.05, 3.63) is 157 Å². The van der Waals surface area contributed by atoms with Crippen LogP contribution < -0.4 is 0 Å². The number of benzene rings is 8. The maximum Gasteiger partial charge on any atom is -0.00608 e. The van der Waals surface area contributed by atoms with Crippen molar-refractivity contribution in [2.75, 3.05) is 0 Å². The molecule has 0 saturated heterocycles. The molecular weight excluding hydrogens is 504 g/mol. The Kier molecular flexibility index (Phi) is 5.69. The molecule has 8 aromatic carbocycles. The van der Waals surface area contributed by atoms with Gasteiger partial charge in [-0.15, -0.1) is 0 Å².